The Kier molecular flexibility index (Phi) is 5.89. The van der Waals surface area contributed by atoms with Gasteiger partial charge in [-0.1, -0.05) is 35.5 Å². The van der Waals surface area contributed by atoms with Crippen LogP contribution in [0, 0.1) is 11.3 Å². The number of ether oxygens (including phenoxy) is 1. The zero-order chi connectivity index (χ0) is 20.1. The third-order valence-electron chi connectivity index (χ3n) is 5.23. The van der Waals surface area contributed by atoms with E-state index in [0.29, 0.717) is 23.5 Å². The Bertz CT molecular complexity index is 1040. The molecule has 0 atom stereocenters. The zero-order valence-electron chi connectivity index (χ0n) is 16.5. The van der Waals surface area contributed by atoms with E-state index < -0.39 is 0 Å². The SMILES string of the molecule is CN1CCN(CCOc2ccccc2/C=C(\C#N)c2noc3ccccc23)CC1. The molecule has 1 aliphatic heterocycles. The molecule has 0 radical (unpaired) electrons. The second-order valence-electron chi connectivity index (χ2n) is 7.23. The van der Waals surface area contributed by atoms with Crippen molar-refractivity contribution in [3.05, 3.63) is 59.8 Å². The van der Waals surface area contributed by atoms with Crippen molar-refractivity contribution in [1.29, 1.82) is 5.26 Å². The summed E-state index contributed by atoms with van der Waals surface area (Å²) in [5.41, 5.74) is 2.52. The summed E-state index contributed by atoms with van der Waals surface area (Å²) in [6, 6.07) is 17.6. The van der Waals surface area contributed by atoms with E-state index in [-0.39, 0.29) is 0 Å². The molecule has 6 nitrogen and oxygen atoms in total. The van der Waals surface area contributed by atoms with E-state index in [1.165, 1.54) is 0 Å². The summed E-state index contributed by atoms with van der Waals surface area (Å²) in [6.45, 7) is 5.83. The van der Waals surface area contributed by atoms with Gasteiger partial charge in [0.15, 0.2) is 5.58 Å². The summed E-state index contributed by atoms with van der Waals surface area (Å²) in [4.78, 5) is 4.76. The highest BCUT2D eigenvalue weighted by Crippen LogP contribution is 2.28. The highest BCUT2D eigenvalue weighted by molar-refractivity contribution is 5.99. The molecule has 3 aromatic rings. The summed E-state index contributed by atoms with van der Waals surface area (Å²) in [5.74, 6) is 0.766. The van der Waals surface area contributed by atoms with Crippen molar-refractivity contribution in [3.8, 4) is 11.8 Å². The molecule has 6 heteroatoms. The average molecular weight is 388 g/mol. The third-order valence-corrected chi connectivity index (χ3v) is 5.23. The summed E-state index contributed by atoms with van der Waals surface area (Å²) in [5, 5.41) is 14.7. The molecule has 1 aliphatic rings. The van der Waals surface area contributed by atoms with Gasteiger partial charge in [0.05, 0.1) is 11.0 Å². The number of benzene rings is 2. The van der Waals surface area contributed by atoms with Crippen molar-refractivity contribution in [1.82, 2.24) is 15.0 Å². The number of piperazine rings is 1. The van der Waals surface area contributed by atoms with Crippen LogP contribution in [0.2, 0.25) is 0 Å². The maximum atomic E-state index is 9.73. The van der Waals surface area contributed by atoms with Crippen molar-refractivity contribution in [3.63, 3.8) is 0 Å². The van der Waals surface area contributed by atoms with Crippen LogP contribution in [0.25, 0.3) is 22.6 Å². The minimum atomic E-state index is 0.449. The fourth-order valence-corrected chi connectivity index (χ4v) is 3.48. The first-order valence-electron chi connectivity index (χ1n) is 9.84. The maximum Gasteiger partial charge on any atom is 0.167 e. The molecule has 0 aliphatic carbocycles. The topological polar surface area (TPSA) is 65.5 Å². The lowest BCUT2D eigenvalue weighted by atomic mass is 10.1. The number of aromatic nitrogens is 1. The van der Waals surface area contributed by atoms with Gasteiger partial charge in [0.2, 0.25) is 0 Å². The maximum absolute atomic E-state index is 9.73. The fraction of sp³-hybridized carbons (Fsp3) is 0.304. The summed E-state index contributed by atoms with van der Waals surface area (Å²) < 4.78 is 11.4. The molecular formula is C23H24N4O2. The van der Waals surface area contributed by atoms with Crippen LogP contribution >= 0.6 is 0 Å². The lowest BCUT2D eigenvalue weighted by Gasteiger charge is -2.32. The standard InChI is InChI=1S/C23H24N4O2/c1-26-10-12-27(13-11-26)14-15-28-21-8-4-2-6-18(21)16-19(17-24)23-20-7-3-5-9-22(20)29-25-23/h2-9,16H,10-15H2,1H3/b19-16+. The van der Waals surface area contributed by atoms with Crippen molar-refractivity contribution >= 4 is 22.6 Å². The molecule has 0 spiro atoms. The Hall–Kier alpha value is -3.14. The molecule has 1 fully saturated rings. The zero-order valence-corrected chi connectivity index (χ0v) is 16.5. The Labute approximate surface area is 170 Å². The molecule has 0 bridgehead atoms. The van der Waals surface area contributed by atoms with E-state index in [2.05, 4.69) is 28.1 Å². The van der Waals surface area contributed by atoms with Crippen LogP contribution in [0.3, 0.4) is 0 Å². The molecular weight excluding hydrogens is 364 g/mol. The highest BCUT2D eigenvalue weighted by atomic mass is 16.5. The molecule has 2 heterocycles. The number of para-hydroxylation sites is 2. The highest BCUT2D eigenvalue weighted by Gasteiger charge is 2.15. The van der Waals surface area contributed by atoms with E-state index in [1.54, 1.807) is 0 Å². The number of hydrogen-bond donors (Lipinski definition) is 0. The number of nitrogens with zero attached hydrogens (tertiary/aromatic N) is 4. The molecule has 4 rings (SSSR count). The quantitative estimate of drug-likeness (QED) is 0.602. The lowest BCUT2D eigenvalue weighted by Crippen LogP contribution is -2.45. The molecule has 1 saturated heterocycles. The Morgan fingerprint density at radius 3 is 2.72 bits per heavy atom. The van der Waals surface area contributed by atoms with E-state index in [1.807, 2.05) is 54.6 Å². The van der Waals surface area contributed by atoms with Crippen molar-refractivity contribution < 1.29 is 9.26 Å². The molecule has 0 unspecified atom stereocenters. The van der Waals surface area contributed by atoms with Crippen LogP contribution in [0.5, 0.6) is 5.75 Å². The number of hydrogen-bond acceptors (Lipinski definition) is 6. The number of allylic oxidation sites excluding steroid dienone is 1. The Morgan fingerprint density at radius 2 is 1.90 bits per heavy atom. The first kappa shape index (κ1) is 19.2. The number of rotatable bonds is 6. The molecule has 148 valence electrons. The second kappa shape index (κ2) is 8.91. The fourth-order valence-electron chi connectivity index (χ4n) is 3.48. The van der Waals surface area contributed by atoms with Gasteiger partial charge in [-0.2, -0.15) is 5.26 Å². The van der Waals surface area contributed by atoms with Crippen LogP contribution < -0.4 is 4.74 Å². The van der Waals surface area contributed by atoms with Gasteiger partial charge in [0, 0.05) is 38.3 Å². The first-order chi connectivity index (χ1) is 14.2. The predicted octanol–water partition coefficient (Wildman–Crippen LogP) is 3.52. The van der Waals surface area contributed by atoms with Gasteiger partial charge in [-0.15, -0.1) is 0 Å². The van der Waals surface area contributed by atoms with Gasteiger partial charge in [-0.3, -0.25) is 4.90 Å². The summed E-state index contributed by atoms with van der Waals surface area (Å²) in [7, 11) is 2.15. The minimum absolute atomic E-state index is 0.449. The summed E-state index contributed by atoms with van der Waals surface area (Å²) >= 11 is 0. The minimum Gasteiger partial charge on any atom is -0.492 e. The normalized spacial score (nSPS) is 16.1. The van der Waals surface area contributed by atoms with E-state index in [9.17, 15) is 5.26 Å². The van der Waals surface area contributed by atoms with Crippen LogP contribution in [0.1, 0.15) is 11.3 Å². The molecule has 0 amide bonds. The van der Waals surface area contributed by atoms with Crippen LogP contribution in [-0.4, -0.2) is 61.3 Å². The van der Waals surface area contributed by atoms with Crippen molar-refractivity contribution in [2.45, 2.75) is 0 Å². The smallest absolute Gasteiger partial charge is 0.167 e. The third kappa shape index (κ3) is 4.48. The predicted molar refractivity (Wildman–Crippen MR) is 113 cm³/mol. The van der Waals surface area contributed by atoms with Crippen molar-refractivity contribution in [2.75, 3.05) is 46.4 Å². The van der Waals surface area contributed by atoms with Gasteiger partial charge < -0.3 is 14.2 Å². The Balaban J connectivity index is 1.50. The Morgan fingerprint density at radius 1 is 1.14 bits per heavy atom. The molecule has 1 aromatic heterocycles. The number of likely N-dealkylation sites (N-methyl/N-ethyl adjacent to an activating group) is 1. The van der Waals surface area contributed by atoms with Gasteiger partial charge >= 0.3 is 0 Å². The average Bonchev–Trinajstić information content (AvgIpc) is 3.18. The van der Waals surface area contributed by atoms with Gasteiger partial charge in [0.1, 0.15) is 24.1 Å². The van der Waals surface area contributed by atoms with Crippen LogP contribution in [0.4, 0.5) is 0 Å². The van der Waals surface area contributed by atoms with E-state index >= 15 is 0 Å². The number of nitriles is 1. The largest absolute Gasteiger partial charge is 0.492 e. The monoisotopic (exact) mass is 388 g/mol. The molecule has 0 saturated carbocycles. The van der Waals surface area contributed by atoms with E-state index in [4.69, 9.17) is 9.26 Å². The lowest BCUT2D eigenvalue weighted by molar-refractivity contribution is 0.133. The number of fused-ring (bicyclic) bond motifs is 1. The van der Waals surface area contributed by atoms with Crippen molar-refractivity contribution in [2.24, 2.45) is 0 Å². The van der Waals surface area contributed by atoms with Gasteiger partial charge in [0.25, 0.3) is 0 Å². The second-order valence-corrected chi connectivity index (χ2v) is 7.23. The first-order valence-corrected chi connectivity index (χ1v) is 9.84. The van der Waals surface area contributed by atoms with E-state index in [0.717, 1.165) is 49.4 Å². The van der Waals surface area contributed by atoms with Gasteiger partial charge in [-0.25, -0.2) is 0 Å². The van der Waals surface area contributed by atoms with Crippen LogP contribution in [0.15, 0.2) is 53.1 Å². The molecule has 0 N–H and O–H groups in total. The van der Waals surface area contributed by atoms with Gasteiger partial charge in [-0.05, 0) is 31.3 Å². The summed E-state index contributed by atoms with van der Waals surface area (Å²) in [6.07, 6.45) is 1.81. The molecule has 29 heavy (non-hydrogen) atoms. The van der Waals surface area contributed by atoms with Crippen LogP contribution in [-0.2, 0) is 0 Å². The molecule has 2 aromatic carbocycles.